The monoisotopic (exact) mass is 158 g/mol. The predicted molar refractivity (Wildman–Crippen MR) is 42.0 cm³/mol. The number of carbonyl (C=O) groups excluding carboxylic acids is 2. The lowest BCUT2D eigenvalue weighted by atomic mass is 10.1. The highest BCUT2D eigenvalue weighted by Crippen LogP contribution is 1.95. The van der Waals surface area contributed by atoms with E-state index >= 15 is 0 Å². The summed E-state index contributed by atoms with van der Waals surface area (Å²) < 4.78 is 0. The van der Waals surface area contributed by atoms with E-state index in [2.05, 4.69) is 0 Å². The highest BCUT2D eigenvalue weighted by Gasteiger charge is 2.01. The van der Waals surface area contributed by atoms with Crippen molar-refractivity contribution in [3.05, 3.63) is 0 Å². The molecule has 0 heterocycles. The third-order valence-corrected chi connectivity index (χ3v) is 1.37. The van der Waals surface area contributed by atoms with Crippen LogP contribution in [-0.4, -0.2) is 24.7 Å². The Hall–Kier alpha value is -0.740. The lowest BCUT2D eigenvalue weighted by Crippen LogP contribution is -2.16. The van der Waals surface area contributed by atoms with E-state index in [1.165, 1.54) is 0 Å². The van der Waals surface area contributed by atoms with Crippen molar-refractivity contribution in [2.45, 2.75) is 19.3 Å². The van der Waals surface area contributed by atoms with Gasteiger partial charge in [-0.15, -0.1) is 0 Å². The molecular weight excluding hydrogens is 144 g/mol. The van der Waals surface area contributed by atoms with E-state index in [1.807, 2.05) is 0 Å². The van der Waals surface area contributed by atoms with Gasteiger partial charge in [-0.25, -0.2) is 0 Å². The average molecular weight is 158 g/mol. The van der Waals surface area contributed by atoms with Gasteiger partial charge in [-0.1, -0.05) is 0 Å². The Bertz CT molecular complexity index is 129. The maximum atomic E-state index is 10.6. The lowest BCUT2D eigenvalue weighted by Gasteiger charge is -1.96. The summed E-state index contributed by atoms with van der Waals surface area (Å²) >= 11 is 0. The van der Waals surface area contributed by atoms with Gasteiger partial charge in [-0.2, -0.15) is 0 Å². The first-order valence-corrected chi connectivity index (χ1v) is 3.64. The molecule has 0 atom stereocenters. The van der Waals surface area contributed by atoms with Crippen LogP contribution in [0.25, 0.3) is 0 Å². The molecule has 0 aromatic carbocycles. The molecule has 0 unspecified atom stereocenters. The van der Waals surface area contributed by atoms with E-state index in [4.69, 9.17) is 11.5 Å². The summed E-state index contributed by atoms with van der Waals surface area (Å²) in [6, 6.07) is 0. The Morgan fingerprint density at radius 1 is 0.909 bits per heavy atom. The first-order valence-electron chi connectivity index (χ1n) is 3.64. The molecule has 0 aliphatic carbocycles. The van der Waals surface area contributed by atoms with Crippen LogP contribution < -0.4 is 11.5 Å². The van der Waals surface area contributed by atoms with Gasteiger partial charge < -0.3 is 11.5 Å². The standard InChI is InChI=1S/C7H14N2O2/c8-4-6(10)2-1-3-7(11)5-9/h1-5,8-9H2. The number of hydrogen-bond donors (Lipinski definition) is 2. The maximum absolute atomic E-state index is 10.6. The van der Waals surface area contributed by atoms with Crippen LogP contribution in [0.4, 0.5) is 0 Å². The summed E-state index contributed by atoms with van der Waals surface area (Å²) in [5.74, 6) is -0.00959. The molecule has 0 saturated carbocycles. The molecule has 0 bridgehead atoms. The van der Waals surface area contributed by atoms with Crippen LogP contribution >= 0.6 is 0 Å². The van der Waals surface area contributed by atoms with E-state index in [0.717, 1.165) is 0 Å². The second kappa shape index (κ2) is 6.00. The topological polar surface area (TPSA) is 86.2 Å². The van der Waals surface area contributed by atoms with Crippen molar-refractivity contribution in [3.63, 3.8) is 0 Å². The van der Waals surface area contributed by atoms with Gasteiger partial charge in [0.25, 0.3) is 0 Å². The van der Waals surface area contributed by atoms with Crippen molar-refractivity contribution in [2.24, 2.45) is 11.5 Å². The van der Waals surface area contributed by atoms with Gasteiger partial charge in [0.2, 0.25) is 0 Å². The molecule has 0 aromatic rings. The number of hydrogen-bond acceptors (Lipinski definition) is 4. The first-order chi connectivity index (χ1) is 5.20. The lowest BCUT2D eigenvalue weighted by molar-refractivity contribution is -0.119. The fourth-order valence-corrected chi connectivity index (χ4v) is 0.687. The minimum Gasteiger partial charge on any atom is -0.324 e. The molecule has 4 nitrogen and oxygen atoms in total. The van der Waals surface area contributed by atoms with Crippen LogP contribution in [0.3, 0.4) is 0 Å². The van der Waals surface area contributed by atoms with Gasteiger partial charge >= 0.3 is 0 Å². The van der Waals surface area contributed by atoms with Crippen LogP contribution in [-0.2, 0) is 9.59 Å². The van der Waals surface area contributed by atoms with Crippen LogP contribution in [0.15, 0.2) is 0 Å². The van der Waals surface area contributed by atoms with E-state index in [-0.39, 0.29) is 24.7 Å². The molecule has 4 N–H and O–H groups in total. The molecule has 0 radical (unpaired) electrons. The van der Waals surface area contributed by atoms with E-state index < -0.39 is 0 Å². The van der Waals surface area contributed by atoms with Gasteiger partial charge in [-0.3, -0.25) is 9.59 Å². The Kier molecular flexibility index (Phi) is 5.60. The molecule has 0 saturated heterocycles. The van der Waals surface area contributed by atoms with E-state index in [1.54, 1.807) is 0 Å². The van der Waals surface area contributed by atoms with E-state index in [0.29, 0.717) is 19.3 Å². The molecule has 0 rings (SSSR count). The smallest absolute Gasteiger partial charge is 0.146 e. The number of ketones is 2. The molecule has 64 valence electrons. The number of rotatable bonds is 6. The minimum absolute atomic E-state index is 0.00479. The fraction of sp³-hybridized carbons (Fsp3) is 0.714. The van der Waals surface area contributed by atoms with Crippen molar-refractivity contribution in [1.82, 2.24) is 0 Å². The Balaban J connectivity index is 3.27. The van der Waals surface area contributed by atoms with Crippen molar-refractivity contribution in [2.75, 3.05) is 13.1 Å². The second-order valence-corrected chi connectivity index (χ2v) is 2.34. The molecule has 0 spiro atoms. The predicted octanol–water partition coefficient (Wildman–Crippen LogP) is -0.788. The number of carbonyl (C=O) groups is 2. The summed E-state index contributed by atoms with van der Waals surface area (Å²) in [5, 5.41) is 0. The SMILES string of the molecule is NCC(=O)CCCC(=O)CN. The summed E-state index contributed by atoms with van der Waals surface area (Å²) in [7, 11) is 0. The number of Topliss-reactive ketones (excluding diaryl/α,β-unsaturated/α-hetero) is 2. The zero-order valence-electron chi connectivity index (χ0n) is 6.51. The van der Waals surface area contributed by atoms with Gasteiger partial charge in [0.1, 0.15) is 11.6 Å². The van der Waals surface area contributed by atoms with Gasteiger partial charge in [0.05, 0.1) is 13.1 Å². The van der Waals surface area contributed by atoms with Gasteiger partial charge in [-0.05, 0) is 6.42 Å². The molecule has 11 heavy (non-hydrogen) atoms. The normalized spacial score (nSPS) is 9.64. The van der Waals surface area contributed by atoms with Crippen LogP contribution in [0.1, 0.15) is 19.3 Å². The number of nitrogens with two attached hydrogens (primary N) is 2. The molecule has 0 aliphatic heterocycles. The van der Waals surface area contributed by atoms with Crippen molar-refractivity contribution < 1.29 is 9.59 Å². The van der Waals surface area contributed by atoms with Crippen molar-refractivity contribution in [1.29, 1.82) is 0 Å². The highest BCUT2D eigenvalue weighted by atomic mass is 16.1. The second-order valence-electron chi connectivity index (χ2n) is 2.34. The average Bonchev–Trinajstić information content (AvgIpc) is 2.04. The fourth-order valence-electron chi connectivity index (χ4n) is 0.687. The van der Waals surface area contributed by atoms with E-state index in [9.17, 15) is 9.59 Å². The van der Waals surface area contributed by atoms with Crippen LogP contribution in [0.2, 0.25) is 0 Å². The first kappa shape index (κ1) is 10.3. The molecule has 0 amide bonds. The minimum atomic E-state index is -0.00479. The summed E-state index contributed by atoms with van der Waals surface area (Å²) in [5.41, 5.74) is 10.1. The zero-order valence-corrected chi connectivity index (χ0v) is 6.51. The quantitative estimate of drug-likeness (QED) is 0.530. The van der Waals surface area contributed by atoms with Crippen LogP contribution in [0.5, 0.6) is 0 Å². The molecule has 0 aliphatic rings. The molecule has 0 aromatic heterocycles. The Labute approximate surface area is 65.9 Å². The van der Waals surface area contributed by atoms with Gasteiger partial charge in [0, 0.05) is 12.8 Å². The van der Waals surface area contributed by atoms with Crippen molar-refractivity contribution >= 4 is 11.6 Å². The Morgan fingerprint density at radius 2 is 1.27 bits per heavy atom. The summed E-state index contributed by atoms with van der Waals surface area (Å²) in [4.78, 5) is 21.2. The Morgan fingerprint density at radius 3 is 1.55 bits per heavy atom. The van der Waals surface area contributed by atoms with Crippen LogP contribution in [0, 0.1) is 0 Å². The summed E-state index contributed by atoms with van der Waals surface area (Å²) in [6.07, 6.45) is 1.36. The summed E-state index contributed by atoms with van der Waals surface area (Å²) in [6.45, 7) is 0.133. The molecule has 4 heteroatoms. The largest absolute Gasteiger partial charge is 0.324 e. The van der Waals surface area contributed by atoms with Gasteiger partial charge in [0.15, 0.2) is 0 Å². The highest BCUT2D eigenvalue weighted by molar-refractivity contribution is 5.82. The maximum Gasteiger partial charge on any atom is 0.146 e. The third kappa shape index (κ3) is 5.69. The third-order valence-electron chi connectivity index (χ3n) is 1.37. The van der Waals surface area contributed by atoms with Crippen molar-refractivity contribution in [3.8, 4) is 0 Å². The molecule has 0 fully saturated rings. The zero-order chi connectivity index (χ0) is 8.69. The molecular formula is C7H14N2O2.